The van der Waals surface area contributed by atoms with Crippen LogP contribution in [-0.4, -0.2) is 38.5 Å². The smallest absolute Gasteiger partial charge is 0.245 e. The normalized spacial score (nSPS) is 20.6. The lowest BCUT2D eigenvalue weighted by molar-refractivity contribution is 0.0314. The van der Waals surface area contributed by atoms with E-state index in [4.69, 9.17) is 21.6 Å². The summed E-state index contributed by atoms with van der Waals surface area (Å²) in [6.07, 6.45) is 0.661. The molecule has 0 bridgehead atoms. The maximum absolute atomic E-state index is 12.7. The molecular formula is C13H15ClN2O3S. The standard InChI is InChI=1S/C13H15ClN2O3S/c1-2-11-9-19-6-5-16(11)20(17,18)13-7-10(8-15)3-4-12(13)14/h3-4,7,11H,2,5-6,9H2,1H3. The first kappa shape index (κ1) is 15.3. The van der Waals surface area contributed by atoms with Gasteiger partial charge in [0.1, 0.15) is 4.90 Å². The number of hydrogen-bond acceptors (Lipinski definition) is 4. The Kier molecular flexibility index (Phi) is 4.66. The van der Waals surface area contributed by atoms with Crippen molar-refractivity contribution in [2.45, 2.75) is 24.3 Å². The molecule has 2 rings (SSSR count). The number of nitrogens with zero attached hydrogens (tertiary/aromatic N) is 2. The average molecular weight is 315 g/mol. The SMILES string of the molecule is CCC1COCCN1S(=O)(=O)c1cc(C#N)ccc1Cl. The van der Waals surface area contributed by atoms with Crippen LogP contribution in [0.25, 0.3) is 0 Å². The molecule has 1 fully saturated rings. The molecule has 20 heavy (non-hydrogen) atoms. The number of sulfonamides is 1. The second kappa shape index (κ2) is 6.10. The van der Waals surface area contributed by atoms with E-state index in [9.17, 15) is 8.42 Å². The van der Waals surface area contributed by atoms with Crippen LogP contribution in [-0.2, 0) is 14.8 Å². The molecular weight excluding hydrogens is 300 g/mol. The van der Waals surface area contributed by atoms with Crippen LogP contribution in [0.1, 0.15) is 18.9 Å². The van der Waals surface area contributed by atoms with Gasteiger partial charge in [0.25, 0.3) is 0 Å². The van der Waals surface area contributed by atoms with Gasteiger partial charge in [-0.05, 0) is 24.6 Å². The number of ether oxygens (including phenoxy) is 1. The Hall–Kier alpha value is -1.13. The first-order chi connectivity index (χ1) is 9.50. The Morgan fingerprint density at radius 1 is 1.55 bits per heavy atom. The Morgan fingerprint density at radius 3 is 2.95 bits per heavy atom. The van der Waals surface area contributed by atoms with E-state index in [1.165, 1.54) is 22.5 Å². The molecule has 0 aromatic heterocycles. The van der Waals surface area contributed by atoms with Gasteiger partial charge in [0, 0.05) is 12.6 Å². The van der Waals surface area contributed by atoms with Crippen LogP contribution >= 0.6 is 11.6 Å². The quantitative estimate of drug-likeness (QED) is 0.855. The van der Waals surface area contributed by atoms with Crippen molar-refractivity contribution < 1.29 is 13.2 Å². The van der Waals surface area contributed by atoms with Crippen molar-refractivity contribution in [3.8, 4) is 6.07 Å². The molecule has 0 spiro atoms. The molecule has 0 amide bonds. The van der Waals surface area contributed by atoms with Crippen molar-refractivity contribution in [3.05, 3.63) is 28.8 Å². The lowest BCUT2D eigenvalue weighted by Crippen LogP contribution is -2.48. The average Bonchev–Trinajstić information content (AvgIpc) is 2.47. The summed E-state index contributed by atoms with van der Waals surface area (Å²) >= 11 is 6.00. The Labute approximate surface area is 123 Å². The minimum absolute atomic E-state index is 0.0152. The summed E-state index contributed by atoms with van der Waals surface area (Å²) in [5.41, 5.74) is 0.272. The molecule has 0 aliphatic carbocycles. The third kappa shape index (κ3) is 2.81. The van der Waals surface area contributed by atoms with Gasteiger partial charge in [-0.2, -0.15) is 9.57 Å². The molecule has 5 nitrogen and oxygen atoms in total. The van der Waals surface area contributed by atoms with E-state index >= 15 is 0 Å². The van der Waals surface area contributed by atoms with Gasteiger partial charge >= 0.3 is 0 Å². The van der Waals surface area contributed by atoms with Gasteiger partial charge in [0.05, 0.1) is 29.9 Å². The zero-order chi connectivity index (χ0) is 14.8. The third-order valence-corrected chi connectivity index (χ3v) is 5.73. The van der Waals surface area contributed by atoms with E-state index in [2.05, 4.69) is 0 Å². The highest BCUT2D eigenvalue weighted by atomic mass is 35.5. The number of benzene rings is 1. The van der Waals surface area contributed by atoms with Crippen LogP contribution < -0.4 is 0 Å². The topological polar surface area (TPSA) is 70.4 Å². The highest BCUT2D eigenvalue weighted by Crippen LogP contribution is 2.28. The fraction of sp³-hybridized carbons (Fsp3) is 0.462. The number of nitriles is 1. The Morgan fingerprint density at radius 2 is 2.30 bits per heavy atom. The largest absolute Gasteiger partial charge is 0.378 e. The second-order valence-electron chi connectivity index (χ2n) is 4.51. The van der Waals surface area contributed by atoms with Crippen molar-refractivity contribution in [1.82, 2.24) is 4.31 Å². The molecule has 1 atom stereocenters. The highest BCUT2D eigenvalue weighted by Gasteiger charge is 2.34. The number of hydrogen-bond donors (Lipinski definition) is 0. The molecule has 1 aliphatic heterocycles. The fourth-order valence-corrected chi connectivity index (χ4v) is 4.34. The van der Waals surface area contributed by atoms with E-state index in [-0.39, 0.29) is 21.5 Å². The number of morpholine rings is 1. The molecule has 0 radical (unpaired) electrons. The lowest BCUT2D eigenvalue weighted by atomic mass is 10.2. The summed E-state index contributed by atoms with van der Waals surface area (Å²) in [6.45, 7) is 2.96. The fourth-order valence-electron chi connectivity index (χ4n) is 2.17. The van der Waals surface area contributed by atoms with Crippen molar-refractivity contribution in [3.63, 3.8) is 0 Å². The van der Waals surface area contributed by atoms with Gasteiger partial charge in [-0.3, -0.25) is 0 Å². The number of halogens is 1. The predicted molar refractivity (Wildman–Crippen MR) is 75.0 cm³/mol. The van der Waals surface area contributed by atoms with E-state index in [1.807, 2.05) is 13.0 Å². The van der Waals surface area contributed by atoms with Gasteiger partial charge in [0.2, 0.25) is 10.0 Å². The molecule has 1 unspecified atom stereocenters. The van der Waals surface area contributed by atoms with Gasteiger partial charge in [-0.15, -0.1) is 0 Å². The molecule has 108 valence electrons. The van der Waals surface area contributed by atoms with E-state index in [1.54, 1.807) is 0 Å². The van der Waals surface area contributed by atoms with E-state index in [0.717, 1.165) is 0 Å². The third-order valence-electron chi connectivity index (χ3n) is 3.29. The summed E-state index contributed by atoms with van der Waals surface area (Å²) in [5, 5.41) is 9.04. The van der Waals surface area contributed by atoms with E-state index in [0.29, 0.717) is 26.2 Å². The van der Waals surface area contributed by atoms with Crippen LogP contribution in [0.4, 0.5) is 0 Å². The number of rotatable bonds is 3. The van der Waals surface area contributed by atoms with Crippen LogP contribution in [0.3, 0.4) is 0 Å². The minimum atomic E-state index is -3.72. The monoisotopic (exact) mass is 314 g/mol. The summed E-state index contributed by atoms with van der Waals surface area (Å²) in [4.78, 5) is -0.0152. The summed E-state index contributed by atoms with van der Waals surface area (Å²) < 4.78 is 32.2. The summed E-state index contributed by atoms with van der Waals surface area (Å²) in [7, 11) is -3.72. The van der Waals surface area contributed by atoms with Crippen LogP contribution in [0, 0.1) is 11.3 Å². The zero-order valence-electron chi connectivity index (χ0n) is 11.0. The molecule has 1 saturated heterocycles. The molecule has 1 aliphatic rings. The highest BCUT2D eigenvalue weighted by molar-refractivity contribution is 7.89. The first-order valence-electron chi connectivity index (χ1n) is 6.30. The predicted octanol–water partition coefficient (Wildman–Crippen LogP) is 2.01. The van der Waals surface area contributed by atoms with E-state index < -0.39 is 10.0 Å². The minimum Gasteiger partial charge on any atom is -0.378 e. The molecule has 1 heterocycles. The van der Waals surface area contributed by atoms with Gasteiger partial charge in [0.15, 0.2) is 0 Å². The molecule has 0 N–H and O–H groups in total. The maximum atomic E-state index is 12.7. The van der Waals surface area contributed by atoms with Crippen LogP contribution in [0.5, 0.6) is 0 Å². The Bertz CT molecular complexity index is 640. The zero-order valence-corrected chi connectivity index (χ0v) is 12.6. The lowest BCUT2D eigenvalue weighted by Gasteiger charge is -2.34. The molecule has 7 heteroatoms. The molecule has 1 aromatic carbocycles. The first-order valence-corrected chi connectivity index (χ1v) is 8.11. The van der Waals surface area contributed by atoms with Crippen molar-refractivity contribution in [1.29, 1.82) is 5.26 Å². The maximum Gasteiger partial charge on any atom is 0.245 e. The van der Waals surface area contributed by atoms with Gasteiger partial charge in [-0.25, -0.2) is 8.42 Å². The second-order valence-corrected chi connectivity index (χ2v) is 6.78. The van der Waals surface area contributed by atoms with Crippen LogP contribution in [0.15, 0.2) is 23.1 Å². The summed E-state index contributed by atoms with van der Waals surface area (Å²) in [6, 6.07) is 5.99. The van der Waals surface area contributed by atoms with Gasteiger partial charge < -0.3 is 4.74 Å². The summed E-state index contributed by atoms with van der Waals surface area (Å²) in [5.74, 6) is 0. The van der Waals surface area contributed by atoms with Crippen molar-refractivity contribution >= 4 is 21.6 Å². The van der Waals surface area contributed by atoms with Gasteiger partial charge in [-0.1, -0.05) is 18.5 Å². The van der Waals surface area contributed by atoms with Crippen molar-refractivity contribution in [2.24, 2.45) is 0 Å². The van der Waals surface area contributed by atoms with Crippen molar-refractivity contribution in [2.75, 3.05) is 19.8 Å². The Balaban J connectivity index is 2.46. The van der Waals surface area contributed by atoms with Crippen LogP contribution in [0.2, 0.25) is 5.02 Å². The molecule has 1 aromatic rings. The molecule has 0 saturated carbocycles.